The summed E-state index contributed by atoms with van der Waals surface area (Å²) in [5.74, 6) is 0. The molecule has 2 aromatic rings. The standard InChI is InChI=1S/C11H11F2NS/c1-11(14,10(12)13)9-6-7-4-2-3-5-8(7)15-9/h2-6,10H,14H2,1H3. The maximum Gasteiger partial charge on any atom is 0.260 e. The van der Waals surface area contributed by atoms with Crippen LogP contribution in [0.4, 0.5) is 8.78 Å². The van der Waals surface area contributed by atoms with Crippen molar-refractivity contribution in [2.24, 2.45) is 5.73 Å². The van der Waals surface area contributed by atoms with Crippen LogP contribution in [0, 0.1) is 0 Å². The highest BCUT2D eigenvalue weighted by Gasteiger charge is 2.33. The highest BCUT2D eigenvalue weighted by Crippen LogP contribution is 2.34. The number of hydrogen-bond acceptors (Lipinski definition) is 2. The normalized spacial score (nSPS) is 15.8. The lowest BCUT2D eigenvalue weighted by atomic mass is 10.0. The van der Waals surface area contributed by atoms with Crippen molar-refractivity contribution < 1.29 is 8.78 Å². The number of hydrogen-bond donors (Lipinski definition) is 1. The fraction of sp³-hybridized carbons (Fsp3) is 0.273. The van der Waals surface area contributed by atoms with Crippen LogP contribution in [-0.2, 0) is 5.54 Å². The Morgan fingerprint density at radius 1 is 1.33 bits per heavy atom. The second kappa shape index (κ2) is 3.54. The van der Waals surface area contributed by atoms with Gasteiger partial charge < -0.3 is 5.73 Å². The Morgan fingerprint density at radius 2 is 2.00 bits per heavy atom. The molecule has 0 saturated carbocycles. The zero-order valence-corrected chi connectivity index (χ0v) is 9.02. The molecule has 0 fully saturated rings. The second-order valence-corrected chi connectivity index (χ2v) is 4.82. The predicted molar refractivity (Wildman–Crippen MR) is 59.4 cm³/mol. The van der Waals surface area contributed by atoms with Crippen LogP contribution in [0.15, 0.2) is 30.3 Å². The molecule has 1 atom stereocenters. The molecule has 1 aromatic carbocycles. The summed E-state index contributed by atoms with van der Waals surface area (Å²) in [5, 5.41) is 0.967. The number of benzene rings is 1. The van der Waals surface area contributed by atoms with E-state index >= 15 is 0 Å². The van der Waals surface area contributed by atoms with Crippen molar-refractivity contribution in [2.45, 2.75) is 18.9 Å². The van der Waals surface area contributed by atoms with Gasteiger partial charge in [-0.25, -0.2) is 8.78 Å². The van der Waals surface area contributed by atoms with Crippen molar-refractivity contribution in [3.8, 4) is 0 Å². The highest BCUT2D eigenvalue weighted by atomic mass is 32.1. The van der Waals surface area contributed by atoms with Crippen LogP contribution >= 0.6 is 11.3 Å². The van der Waals surface area contributed by atoms with Crippen molar-refractivity contribution in [1.82, 2.24) is 0 Å². The van der Waals surface area contributed by atoms with Crippen LogP contribution in [0.25, 0.3) is 10.1 Å². The van der Waals surface area contributed by atoms with Gasteiger partial charge in [0.2, 0.25) is 0 Å². The number of rotatable bonds is 2. The molecule has 2 N–H and O–H groups in total. The van der Waals surface area contributed by atoms with E-state index in [2.05, 4.69) is 0 Å². The molecule has 1 unspecified atom stereocenters. The van der Waals surface area contributed by atoms with Gasteiger partial charge in [0.1, 0.15) is 5.54 Å². The molecule has 0 amide bonds. The van der Waals surface area contributed by atoms with Gasteiger partial charge in [-0.15, -0.1) is 11.3 Å². The molecule has 0 radical (unpaired) electrons. The maximum absolute atomic E-state index is 12.7. The van der Waals surface area contributed by atoms with Crippen LogP contribution in [0.5, 0.6) is 0 Å². The van der Waals surface area contributed by atoms with Gasteiger partial charge >= 0.3 is 0 Å². The van der Waals surface area contributed by atoms with Gasteiger partial charge in [-0.1, -0.05) is 18.2 Å². The first-order valence-corrected chi connectivity index (χ1v) is 5.39. The van der Waals surface area contributed by atoms with Gasteiger partial charge in [-0.3, -0.25) is 0 Å². The Labute approximate surface area is 90.5 Å². The molecule has 0 saturated heterocycles. The zero-order chi connectivity index (χ0) is 11.1. The Balaban J connectivity index is 2.53. The molecule has 1 heterocycles. The summed E-state index contributed by atoms with van der Waals surface area (Å²) in [6.07, 6.45) is -2.55. The van der Waals surface area contributed by atoms with Crippen LogP contribution in [0.1, 0.15) is 11.8 Å². The number of nitrogens with two attached hydrogens (primary N) is 1. The van der Waals surface area contributed by atoms with E-state index in [0.717, 1.165) is 10.1 Å². The molecule has 1 aromatic heterocycles. The fourth-order valence-corrected chi connectivity index (χ4v) is 2.48. The Kier molecular flexibility index (Phi) is 2.48. The Bertz CT molecular complexity index is 443. The Morgan fingerprint density at radius 3 is 2.60 bits per heavy atom. The summed E-state index contributed by atoms with van der Waals surface area (Å²) in [7, 11) is 0. The van der Waals surface area contributed by atoms with Crippen molar-refractivity contribution in [2.75, 3.05) is 0 Å². The topological polar surface area (TPSA) is 26.0 Å². The monoisotopic (exact) mass is 227 g/mol. The van der Waals surface area contributed by atoms with E-state index in [4.69, 9.17) is 5.73 Å². The summed E-state index contributed by atoms with van der Waals surface area (Å²) < 4.78 is 26.4. The van der Waals surface area contributed by atoms with Crippen LogP contribution in [0.2, 0.25) is 0 Å². The van der Waals surface area contributed by atoms with Crippen LogP contribution in [0.3, 0.4) is 0 Å². The van der Waals surface area contributed by atoms with E-state index in [1.807, 2.05) is 24.3 Å². The lowest BCUT2D eigenvalue weighted by molar-refractivity contribution is 0.0645. The molecule has 80 valence electrons. The van der Waals surface area contributed by atoms with Crippen molar-refractivity contribution in [3.63, 3.8) is 0 Å². The zero-order valence-electron chi connectivity index (χ0n) is 8.21. The average molecular weight is 227 g/mol. The SMILES string of the molecule is CC(N)(c1cc2ccccc2s1)C(F)F. The molecular formula is C11H11F2NS. The van der Waals surface area contributed by atoms with Crippen molar-refractivity contribution in [3.05, 3.63) is 35.2 Å². The van der Waals surface area contributed by atoms with Crippen molar-refractivity contribution in [1.29, 1.82) is 0 Å². The first-order valence-electron chi connectivity index (χ1n) is 4.58. The first kappa shape index (κ1) is 10.5. The van der Waals surface area contributed by atoms with Crippen molar-refractivity contribution >= 4 is 21.4 Å². The van der Waals surface area contributed by atoms with E-state index in [-0.39, 0.29) is 0 Å². The summed E-state index contributed by atoms with van der Waals surface area (Å²) in [6.45, 7) is 1.36. The highest BCUT2D eigenvalue weighted by molar-refractivity contribution is 7.19. The van der Waals surface area contributed by atoms with E-state index in [9.17, 15) is 8.78 Å². The third-order valence-corrected chi connectivity index (χ3v) is 3.78. The minimum atomic E-state index is -2.55. The first-order chi connectivity index (χ1) is 7.01. The van der Waals surface area contributed by atoms with Gasteiger partial charge in [0.15, 0.2) is 0 Å². The maximum atomic E-state index is 12.7. The van der Waals surface area contributed by atoms with Gasteiger partial charge in [0.05, 0.1) is 0 Å². The van der Waals surface area contributed by atoms with E-state index in [0.29, 0.717) is 4.88 Å². The minimum Gasteiger partial charge on any atom is -0.316 e. The van der Waals surface area contributed by atoms with Gasteiger partial charge in [-0.05, 0) is 24.4 Å². The number of thiophene rings is 1. The van der Waals surface area contributed by atoms with Crippen LogP contribution in [-0.4, -0.2) is 6.43 Å². The molecule has 2 rings (SSSR count). The third-order valence-electron chi connectivity index (χ3n) is 2.41. The van der Waals surface area contributed by atoms with E-state index in [1.54, 1.807) is 6.07 Å². The lowest BCUT2D eigenvalue weighted by Crippen LogP contribution is -2.39. The number of alkyl halides is 2. The third kappa shape index (κ3) is 1.75. The summed E-state index contributed by atoms with van der Waals surface area (Å²) in [4.78, 5) is 0.527. The molecule has 0 aliphatic heterocycles. The molecule has 0 aliphatic carbocycles. The second-order valence-electron chi connectivity index (χ2n) is 3.73. The molecular weight excluding hydrogens is 216 g/mol. The quantitative estimate of drug-likeness (QED) is 0.836. The summed E-state index contributed by atoms with van der Waals surface area (Å²) in [5.41, 5.74) is 4.05. The predicted octanol–water partition coefficient (Wildman–Crippen LogP) is 3.34. The molecule has 0 spiro atoms. The molecule has 4 heteroatoms. The largest absolute Gasteiger partial charge is 0.316 e. The van der Waals surface area contributed by atoms with E-state index < -0.39 is 12.0 Å². The lowest BCUT2D eigenvalue weighted by Gasteiger charge is -2.21. The number of halogens is 2. The smallest absolute Gasteiger partial charge is 0.260 e. The van der Waals surface area contributed by atoms with Gasteiger partial charge in [0, 0.05) is 9.58 Å². The van der Waals surface area contributed by atoms with Crippen LogP contribution < -0.4 is 5.73 Å². The number of fused-ring (bicyclic) bond motifs is 1. The Hall–Kier alpha value is -1.00. The molecule has 1 nitrogen and oxygen atoms in total. The molecule has 0 bridgehead atoms. The minimum absolute atomic E-state index is 0.527. The summed E-state index contributed by atoms with van der Waals surface area (Å²) >= 11 is 1.33. The van der Waals surface area contributed by atoms with Gasteiger partial charge in [-0.2, -0.15) is 0 Å². The van der Waals surface area contributed by atoms with Gasteiger partial charge in [0.25, 0.3) is 6.43 Å². The fourth-order valence-electron chi connectivity index (χ4n) is 1.35. The summed E-state index contributed by atoms with van der Waals surface area (Å²) in [6, 6.07) is 9.32. The average Bonchev–Trinajstić information content (AvgIpc) is 2.61. The van der Waals surface area contributed by atoms with E-state index in [1.165, 1.54) is 18.3 Å². The molecule has 15 heavy (non-hydrogen) atoms. The molecule has 0 aliphatic rings.